The number of nitrogens with two attached hydrogens (primary N) is 1. The zero-order valence-electron chi connectivity index (χ0n) is 9.27. The van der Waals surface area contributed by atoms with Crippen molar-refractivity contribution in [2.75, 3.05) is 30.3 Å². The van der Waals surface area contributed by atoms with Gasteiger partial charge in [0.25, 0.3) is 5.56 Å². The molecule has 0 saturated carbocycles. The molecule has 16 heavy (non-hydrogen) atoms. The number of nitrogens with one attached hydrogen (secondary N) is 1. The molecule has 1 unspecified atom stereocenters. The average molecular weight is 224 g/mol. The molecule has 2 rings (SSSR count). The van der Waals surface area contributed by atoms with Crippen molar-refractivity contribution in [2.24, 2.45) is 0 Å². The molecule has 0 bridgehead atoms. The molecule has 1 aromatic heterocycles. The van der Waals surface area contributed by atoms with Crippen molar-refractivity contribution in [2.45, 2.75) is 19.4 Å². The van der Waals surface area contributed by atoms with Gasteiger partial charge in [-0.05, 0) is 13.3 Å². The Morgan fingerprint density at radius 3 is 3.31 bits per heavy atom. The third-order valence-electron chi connectivity index (χ3n) is 2.62. The second-order valence-electron chi connectivity index (χ2n) is 3.95. The van der Waals surface area contributed by atoms with Crippen LogP contribution in [0.5, 0.6) is 0 Å². The minimum Gasteiger partial charge on any atom is -0.391 e. The molecule has 0 spiro atoms. The van der Waals surface area contributed by atoms with Gasteiger partial charge < -0.3 is 20.4 Å². The predicted octanol–water partition coefficient (Wildman–Crippen LogP) is -0.0327. The molecule has 6 nitrogen and oxygen atoms in total. The lowest BCUT2D eigenvalue weighted by Crippen LogP contribution is -2.33. The highest BCUT2D eigenvalue weighted by Gasteiger charge is 2.19. The lowest BCUT2D eigenvalue weighted by atomic mass is 10.3. The van der Waals surface area contributed by atoms with E-state index in [4.69, 9.17) is 10.5 Å². The van der Waals surface area contributed by atoms with Crippen LogP contribution >= 0.6 is 0 Å². The number of ether oxygens (including phenoxy) is 1. The van der Waals surface area contributed by atoms with E-state index in [0.29, 0.717) is 12.4 Å². The fourth-order valence-electron chi connectivity index (χ4n) is 1.84. The first-order chi connectivity index (χ1) is 7.68. The molecule has 0 amide bonds. The number of hydrogen-bond acceptors (Lipinski definition) is 5. The SMILES string of the molecule is CC1CN(c2nc[nH]c(=O)c2N)CCCO1. The summed E-state index contributed by atoms with van der Waals surface area (Å²) in [7, 11) is 0. The Morgan fingerprint density at radius 1 is 1.69 bits per heavy atom. The van der Waals surface area contributed by atoms with Gasteiger partial charge >= 0.3 is 0 Å². The van der Waals surface area contributed by atoms with Crippen LogP contribution in [0, 0.1) is 0 Å². The summed E-state index contributed by atoms with van der Waals surface area (Å²) in [5.74, 6) is 0.557. The van der Waals surface area contributed by atoms with Crippen LogP contribution in [0.4, 0.5) is 11.5 Å². The van der Waals surface area contributed by atoms with Gasteiger partial charge in [0.05, 0.1) is 12.4 Å². The summed E-state index contributed by atoms with van der Waals surface area (Å²) < 4.78 is 5.53. The van der Waals surface area contributed by atoms with Crippen LogP contribution < -0.4 is 16.2 Å². The van der Waals surface area contributed by atoms with Gasteiger partial charge in [-0.1, -0.05) is 0 Å². The number of nitrogen functional groups attached to an aromatic ring is 1. The quantitative estimate of drug-likeness (QED) is 0.699. The molecule has 1 fully saturated rings. The first-order valence-corrected chi connectivity index (χ1v) is 5.38. The summed E-state index contributed by atoms with van der Waals surface area (Å²) in [5, 5.41) is 0. The Morgan fingerprint density at radius 2 is 2.50 bits per heavy atom. The number of hydrogen-bond donors (Lipinski definition) is 2. The van der Waals surface area contributed by atoms with E-state index in [0.717, 1.165) is 19.6 Å². The van der Waals surface area contributed by atoms with E-state index in [2.05, 4.69) is 9.97 Å². The molecular weight excluding hydrogens is 208 g/mol. The Bertz CT molecular complexity index is 418. The van der Waals surface area contributed by atoms with Crippen molar-refractivity contribution in [3.05, 3.63) is 16.7 Å². The molecule has 0 radical (unpaired) electrons. The molecule has 1 aromatic rings. The number of anilines is 2. The fraction of sp³-hybridized carbons (Fsp3) is 0.600. The molecule has 1 aliphatic rings. The highest BCUT2D eigenvalue weighted by molar-refractivity contribution is 5.60. The summed E-state index contributed by atoms with van der Waals surface area (Å²) in [6.07, 6.45) is 2.42. The van der Waals surface area contributed by atoms with Gasteiger partial charge in [-0.2, -0.15) is 0 Å². The Labute approximate surface area is 93.4 Å². The normalized spacial score (nSPS) is 21.8. The molecule has 1 atom stereocenters. The number of aromatic amines is 1. The average Bonchev–Trinajstić information content (AvgIpc) is 2.47. The van der Waals surface area contributed by atoms with Gasteiger partial charge in [0, 0.05) is 19.7 Å². The van der Waals surface area contributed by atoms with Crippen molar-refractivity contribution < 1.29 is 4.74 Å². The largest absolute Gasteiger partial charge is 0.391 e. The van der Waals surface area contributed by atoms with E-state index in [1.165, 1.54) is 6.33 Å². The molecule has 0 aromatic carbocycles. The number of rotatable bonds is 1. The van der Waals surface area contributed by atoms with Crippen molar-refractivity contribution in [3.63, 3.8) is 0 Å². The highest BCUT2D eigenvalue weighted by atomic mass is 16.5. The van der Waals surface area contributed by atoms with Crippen molar-refractivity contribution in [1.29, 1.82) is 0 Å². The monoisotopic (exact) mass is 224 g/mol. The predicted molar refractivity (Wildman–Crippen MR) is 61.5 cm³/mol. The number of H-pyrrole nitrogens is 1. The van der Waals surface area contributed by atoms with E-state index >= 15 is 0 Å². The molecule has 1 aliphatic heterocycles. The topological polar surface area (TPSA) is 84.2 Å². The zero-order chi connectivity index (χ0) is 11.5. The van der Waals surface area contributed by atoms with Crippen LogP contribution in [0.3, 0.4) is 0 Å². The van der Waals surface area contributed by atoms with Crippen LogP contribution in [0.1, 0.15) is 13.3 Å². The molecule has 6 heteroatoms. The minimum absolute atomic E-state index is 0.128. The van der Waals surface area contributed by atoms with E-state index in [9.17, 15) is 4.79 Å². The maximum absolute atomic E-state index is 11.4. The van der Waals surface area contributed by atoms with Gasteiger partial charge in [-0.3, -0.25) is 4.79 Å². The first-order valence-electron chi connectivity index (χ1n) is 5.38. The molecule has 3 N–H and O–H groups in total. The van der Waals surface area contributed by atoms with Crippen LogP contribution in [0.2, 0.25) is 0 Å². The lowest BCUT2D eigenvalue weighted by Gasteiger charge is -2.23. The van der Waals surface area contributed by atoms with E-state index in [1.54, 1.807) is 0 Å². The third-order valence-corrected chi connectivity index (χ3v) is 2.62. The molecular formula is C10H16N4O2. The van der Waals surface area contributed by atoms with Crippen molar-refractivity contribution in [3.8, 4) is 0 Å². The minimum atomic E-state index is -0.289. The van der Waals surface area contributed by atoms with Crippen LogP contribution in [-0.2, 0) is 4.74 Å². The van der Waals surface area contributed by atoms with Gasteiger partial charge in [-0.15, -0.1) is 0 Å². The van der Waals surface area contributed by atoms with Gasteiger partial charge in [0.15, 0.2) is 5.82 Å². The van der Waals surface area contributed by atoms with Crippen LogP contribution in [0.15, 0.2) is 11.1 Å². The van der Waals surface area contributed by atoms with Gasteiger partial charge in [0.1, 0.15) is 5.69 Å². The maximum Gasteiger partial charge on any atom is 0.276 e. The number of aromatic nitrogens is 2. The highest BCUT2D eigenvalue weighted by Crippen LogP contribution is 2.18. The lowest BCUT2D eigenvalue weighted by molar-refractivity contribution is 0.0820. The zero-order valence-corrected chi connectivity index (χ0v) is 9.27. The smallest absolute Gasteiger partial charge is 0.276 e. The third kappa shape index (κ3) is 2.16. The van der Waals surface area contributed by atoms with E-state index < -0.39 is 0 Å². The second-order valence-corrected chi connectivity index (χ2v) is 3.95. The summed E-state index contributed by atoms with van der Waals surface area (Å²) in [5.41, 5.74) is 5.61. The summed E-state index contributed by atoms with van der Waals surface area (Å²) in [4.78, 5) is 20.0. The van der Waals surface area contributed by atoms with Gasteiger partial charge in [-0.25, -0.2) is 4.98 Å². The Kier molecular flexibility index (Phi) is 3.09. The second kappa shape index (κ2) is 4.52. The molecule has 0 aliphatic carbocycles. The maximum atomic E-state index is 11.4. The van der Waals surface area contributed by atoms with Crippen molar-refractivity contribution >= 4 is 11.5 Å². The first kappa shape index (κ1) is 10.9. The summed E-state index contributed by atoms with van der Waals surface area (Å²) in [6.45, 7) is 4.26. The Hall–Kier alpha value is -1.56. The molecule has 2 heterocycles. The standard InChI is InChI=1S/C10H16N4O2/c1-7-5-14(3-2-4-16-7)9-8(11)10(15)13-6-12-9/h6-7H,2-5,11H2,1H3,(H,12,13,15). The summed E-state index contributed by atoms with van der Waals surface area (Å²) >= 11 is 0. The van der Waals surface area contributed by atoms with Crippen molar-refractivity contribution in [1.82, 2.24) is 9.97 Å². The van der Waals surface area contributed by atoms with E-state index in [-0.39, 0.29) is 17.4 Å². The molecule has 1 saturated heterocycles. The van der Waals surface area contributed by atoms with Gasteiger partial charge in [0.2, 0.25) is 0 Å². The van der Waals surface area contributed by atoms with Crippen LogP contribution in [-0.4, -0.2) is 35.8 Å². The fourth-order valence-corrected chi connectivity index (χ4v) is 1.84. The Balaban J connectivity index is 2.28. The number of nitrogens with zero attached hydrogens (tertiary/aromatic N) is 2. The molecule has 88 valence electrons. The van der Waals surface area contributed by atoms with E-state index in [1.807, 2.05) is 11.8 Å². The van der Waals surface area contributed by atoms with Crippen LogP contribution in [0.25, 0.3) is 0 Å². The summed E-state index contributed by atoms with van der Waals surface area (Å²) in [6, 6.07) is 0.